The molecule has 0 aliphatic rings. The number of halogens is 2. The van der Waals surface area contributed by atoms with Crippen molar-refractivity contribution in [2.24, 2.45) is 0 Å². The quantitative estimate of drug-likeness (QED) is 0.740. The van der Waals surface area contributed by atoms with Gasteiger partial charge in [-0.2, -0.15) is 10.1 Å². The maximum atomic E-state index is 12.5. The number of nitrogens with zero attached hydrogens (tertiary/aromatic N) is 5. The van der Waals surface area contributed by atoms with Crippen molar-refractivity contribution in [2.45, 2.75) is 26.8 Å². The Morgan fingerprint density at radius 2 is 2.14 bits per heavy atom. The maximum absolute atomic E-state index is 12.5. The molecule has 6 nitrogen and oxygen atoms in total. The van der Waals surface area contributed by atoms with Gasteiger partial charge < -0.3 is 4.52 Å². The van der Waals surface area contributed by atoms with Crippen LogP contribution in [0.3, 0.4) is 0 Å². The molecule has 0 saturated carbocycles. The molecule has 22 heavy (non-hydrogen) atoms. The van der Waals surface area contributed by atoms with Crippen molar-refractivity contribution in [3.63, 3.8) is 0 Å². The first-order chi connectivity index (χ1) is 10.6. The number of hydrogen-bond donors (Lipinski definition) is 0. The van der Waals surface area contributed by atoms with Crippen molar-refractivity contribution >= 4 is 0 Å². The van der Waals surface area contributed by atoms with E-state index in [2.05, 4.69) is 20.2 Å². The molecule has 0 aliphatic carbocycles. The summed E-state index contributed by atoms with van der Waals surface area (Å²) < 4.78 is 32.0. The highest BCUT2D eigenvalue weighted by Gasteiger charge is 2.16. The Bertz CT molecular complexity index is 779. The molecule has 0 saturated heterocycles. The van der Waals surface area contributed by atoms with Crippen molar-refractivity contribution in [3.8, 4) is 23.0 Å². The summed E-state index contributed by atoms with van der Waals surface area (Å²) in [5, 5.41) is 8.18. The fraction of sp³-hybridized carbons (Fsp3) is 0.286. The summed E-state index contributed by atoms with van der Waals surface area (Å²) in [6.45, 7) is 4.51. The zero-order valence-electron chi connectivity index (χ0n) is 12.0. The molecule has 114 valence electrons. The summed E-state index contributed by atoms with van der Waals surface area (Å²) in [5.41, 5.74) is 1.79. The van der Waals surface area contributed by atoms with E-state index in [-0.39, 0.29) is 5.69 Å². The van der Waals surface area contributed by atoms with Crippen molar-refractivity contribution in [3.05, 3.63) is 35.8 Å². The number of hydrogen-bond acceptors (Lipinski definition) is 5. The minimum atomic E-state index is -2.60. The zero-order chi connectivity index (χ0) is 15.7. The Balaban J connectivity index is 1.93. The van der Waals surface area contributed by atoms with Gasteiger partial charge >= 0.3 is 0 Å². The molecule has 0 radical (unpaired) electrons. The molecule has 3 rings (SSSR count). The van der Waals surface area contributed by atoms with E-state index in [1.807, 2.05) is 19.9 Å². The van der Waals surface area contributed by atoms with Crippen LogP contribution in [0.4, 0.5) is 8.78 Å². The summed E-state index contributed by atoms with van der Waals surface area (Å²) in [7, 11) is 0. The molecule has 0 N–H and O–H groups in total. The highest BCUT2D eigenvalue weighted by Crippen LogP contribution is 2.24. The van der Waals surface area contributed by atoms with Gasteiger partial charge in [-0.25, -0.2) is 8.78 Å². The Kier molecular flexibility index (Phi) is 3.66. The third-order valence-corrected chi connectivity index (χ3v) is 3.11. The first kappa shape index (κ1) is 14.3. The SMILES string of the molecule is CCn1nc(C)cc1-c1nc(-c2ccc(C(F)F)nc2)no1. The molecule has 0 atom stereocenters. The first-order valence-corrected chi connectivity index (χ1v) is 6.71. The summed E-state index contributed by atoms with van der Waals surface area (Å²) in [4.78, 5) is 7.97. The number of alkyl halides is 2. The molecule has 3 aromatic heterocycles. The second-order valence-electron chi connectivity index (χ2n) is 4.68. The van der Waals surface area contributed by atoms with Crippen LogP contribution < -0.4 is 0 Å². The third kappa shape index (κ3) is 2.59. The van der Waals surface area contributed by atoms with E-state index in [1.165, 1.54) is 18.3 Å². The molecular formula is C14H13F2N5O. The predicted molar refractivity (Wildman–Crippen MR) is 74.1 cm³/mol. The van der Waals surface area contributed by atoms with Gasteiger partial charge in [0, 0.05) is 18.3 Å². The third-order valence-electron chi connectivity index (χ3n) is 3.11. The average Bonchev–Trinajstić information content (AvgIpc) is 3.13. The summed E-state index contributed by atoms with van der Waals surface area (Å²) in [6, 6.07) is 4.58. The lowest BCUT2D eigenvalue weighted by molar-refractivity contribution is 0.146. The van der Waals surface area contributed by atoms with Gasteiger partial charge in [-0.3, -0.25) is 9.67 Å². The minimum Gasteiger partial charge on any atom is -0.332 e. The zero-order valence-corrected chi connectivity index (χ0v) is 12.0. The molecule has 0 amide bonds. The van der Waals surface area contributed by atoms with Crippen molar-refractivity contribution < 1.29 is 13.3 Å². The van der Waals surface area contributed by atoms with Gasteiger partial charge in [0.2, 0.25) is 5.82 Å². The van der Waals surface area contributed by atoms with Crippen LogP contribution in [0.5, 0.6) is 0 Å². The van der Waals surface area contributed by atoms with Crippen LogP contribution in [0.1, 0.15) is 24.7 Å². The Morgan fingerprint density at radius 3 is 2.77 bits per heavy atom. The van der Waals surface area contributed by atoms with Gasteiger partial charge in [0.25, 0.3) is 12.3 Å². The normalized spacial score (nSPS) is 11.3. The number of rotatable bonds is 4. The monoisotopic (exact) mass is 305 g/mol. The van der Waals surface area contributed by atoms with Crippen molar-refractivity contribution in [2.75, 3.05) is 0 Å². The molecular weight excluding hydrogens is 292 g/mol. The Labute approximate surface area is 124 Å². The van der Waals surface area contributed by atoms with E-state index in [0.717, 1.165) is 11.4 Å². The van der Waals surface area contributed by atoms with Crippen molar-refractivity contribution in [1.29, 1.82) is 0 Å². The van der Waals surface area contributed by atoms with Crippen LogP contribution in [0, 0.1) is 6.92 Å². The van der Waals surface area contributed by atoms with E-state index in [9.17, 15) is 8.78 Å². The molecule has 0 bridgehead atoms. The lowest BCUT2D eigenvalue weighted by atomic mass is 10.2. The summed E-state index contributed by atoms with van der Waals surface area (Å²) in [6.07, 6.45) is -1.30. The molecule has 3 heterocycles. The fourth-order valence-electron chi connectivity index (χ4n) is 2.07. The molecule has 0 unspecified atom stereocenters. The van der Waals surface area contributed by atoms with Gasteiger partial charge in [-0.15, -0.1) is 0 Å². The van der Waals surface area contributed by atoms with Gasteiger partial charge in [-0.05, 0) is 32.0 Å². The Hall–Kier alpha value is -2.64. The standard InChI is InChI=1S/C14H13F2N5O/c1-3-21-11(6-8(2)19-21)14-18-13(20-22-14)9-4-5-10(12(15)16)17-7-9/h4-7,12H,3H2,1-2H3. The number of aromatic nitrogens is 5. The molecule has 8 heteroatoms. The van der Waals surface area contributed by atoms with Gasteiger partial charge in [-0.1, -0.05) is 5.16 Å². The van der Waals surface area contributed by atoms with Crippen LogP contribution in [0.2, 0.25) is 0 Å². The van der Waals surface area contributed by atoms with Gasteiger partial charge in [0.05, 0.1) is 5.69 Å². The minimum absolute atomic E-state index is 0.285. The number of aryl methyl sites for hydroxylation is 2. The predicted octanol–water partition coefficient (Wildman–Crippen LogP) is 3.26. The molecule has 0 aliphatic heterocycles. The van der Waals surface area contributed by atoms with Crippen LogP contribution >= 0.6 is 0 Å². The Morgan fingerprint density at radius 1 is 1.32 bits per heavy atom. The second kappa shape index (κ2) is 5.63. The topological polar surface area (TPSA) is 69.6 Å². The second-order valence-corrected chi connectivity index (χ2v) is 4.68. The first-order valence-electron chi connectivity index (χ1n) is 6.71. The molecule has 0 fully saturated rings. The van der Waals surface area contributed by atoms with E-state index in [1.54, 1.807) is 4.68 Å². The molecule has 0 aromatic carbocycles. The van der Waals surface area contributed by atoms with Crippen LogP contribution in [-0.4, -0.2) is 24.9 Å². The van der Waals surface area contributed by atoms with E-state index in [4.69, 9.17) is 4.52 Å². The molecule has 3 aromatic rings. The van der Waals surface area contributed by atoms with E-state index in [0.29, 0.717) is 23.8 Å². The lowest BCUT2D eigenvalue weighted by Gasteiger charge is -1.99. The van der Waals surface area contributed by atoms with Crippen molar-refractivity contribution in [1.82, 2.24) is 24.9 Å². The van der Waals surface area contributed by atoms with Crippen LogP contribution in [0.25, 0.3) is 23.0 Å². The molecule has 0 spiro atoms. The largest absolute Gasteiger partial charge is 0.332 e. The summed E-state index contributed by atoms with van der Waals surface area (Å²) >= 11 is 0. The van der Waals surface area contributed by atoms with Crippen LogP contribution in [0.15, 0.2) is 28.9 Å². The maximum Gasteiger partial charge on any atom is 0.280 e. The van der Waals surface area contributed by atoms with E-state index >= 15 is 0 Å². The van der Waals surface area contributed by atoms with Crippen LogP contribution in [-0.2, 0) is 6.54 Å². The highest BCUT2D eigenvalue weighted by atomic mass is 19.3. The smallest absolute Gasteiger partial charge is 0.280 e. The van der Waals surface area contributed by atoms with E-state index < -0.39 is 6.43 Å². The van der Waals surface area contributed by atoms with Gasteiger partial charge in [0.15, 0.2) is 0 Å². The summed E-state index contributed by atoms with van der Waals surface area (Å²) in [5.74, 6) is 0.625. The lowest BCUT2D eigenvalue weighted by Crippen LogP contribution is -1.99. The fourth-order valence-corrected chi connectivity index (χ4v) is 2.07. The number of pyridine rings is 1. The highest BCUT2D eigenvalue weighted by molar-refractivity contribution is 5.57. The average molecular weight is 305 g/mol. The van der Waals surface area contributed by atoms with Gasteiger partial charge in [0.1, 0.15) is 11.4 Å².